The largest absolute Gasteiger partial charge is 0.416 e. The van der Waals surface area contributed by atoms with Crippen LogP contribution in [0.3, 0.4) is 0 Å². The average Bonchev–Trinajstić information content (AvgIpc) is 2.99. The van der Waals surface area contributed by atoms with Gasteiger partial charge in [0, 0.05) is 18.1 Å². The van der Waals surface area contributed by atoms with Crippen molar-refractivity contribution in [1.82, 2.24) is 8.87 Å². The minimum Gasteiger partial charge on any atom is -0.305 e. The zero-order valence-corrected chi connectivity index (χ0v) is 15.0. The monoisotopic (exact) mass is 382 g/mol. The molecule has 0 atom stereocenters. The Balaban J connectivity index is 2.14. The van der Waals surface area contributed by atoms with Crippen LogP contribution >= 0.6 is 0 Å². The summed E-state index contributed by atoms with van der Waals surface area (Å²) in [5, 5.41) is 0.747. The summed E-state index contributed by atoms with van der Waals surface area (Å²) in [6, 6.07) is 10.7. The Labute approximate surface area is 149 Å². The first kappa shape index (κ1) is 18.5. The highest BCUT2D eigenvalue weighted by Crippen LogP contribution is 2.32. The minimum atomic E-state index is -4.61. The van der Waals surface area contributed by atoms with E-state index >= 15 is 0 Å². The van der Waals surface area contributed by atoms with Gasteiger partial charge < -0.3 is 4.90 Å². The van der Waals surface area contributed by atoms with Crippen LogP contribution in [0.15, 0.2) is 59.6 Å². The van der Waals surface area contributed by atoms with E-state index < -0.39 is 26.7 Å². The van der Waals surface area contributed by atoms with Crippen LogP contribution in [0, 0.1) is 0 Å². The van der Waals surface area contributed by atoms with E-state index in [1.54, 1.807) is 18.2 Å². The summed E-state index contributed by atoms with van der Waals surface area (Å²) in [6.45, 7) is 0.616. The summed E-state index contributed by atoms with van der Waals surface area (Å²) < 4.78 is 65.6. The first-order valence-corrected chi connectivity index (χ1v) is 9.21. The highest BCUT2D eigenvalue weighted by Gasteiger charge is 2.32. The molecule has 1 heterocycles. The number of hydrogen-bond acceptors (Lipinski definition) is 3. The Morgan fingerprint density at radius 1 is 1.04 bits per heavy atom. The van der Waals surface area contributed by atoms with Crippen molar-refractivity contribution in [3.63, 3.8) is 0 Å². The van der Waals surface area contributed by atoms with Gasteiger partial charge in [0.1, 0.15) is 0 Å². The van der Waals surface area contributed by atoms with Crippen LogP contribution in [-0.4, -0.2) is 31.4 Å². The van der Waals surface area contributed by atoms with E-state index in [4.69, 9.17) is 0 Å². The lowest BCUT2D eigenvalue weighted by atomic mass is 10.1. The van der Waals surface area contributed by atoms with Crippen LogP contribution in [0.25, 0.3) is 10.9 Å². The maximum absolute atomic E-state index is 12.9. The van der Waals surface area contributed by atoms with Gasteiger partial charge in [0.2, 0.25) is 0 Å². The zero-order valence-electron chi connectivity index (χ0n) is 14.2. The summed E-state index contributed by atoms with van der Waals surface area (Å²) in [5.74, 6) is 0. The smallest absolute Gasteiger partial charge is 0.305 e. The Morgan fingerprint density at radius 3 is 2.38 bits per heavy atom. The van der Waals surface area contributed by atoms with Gasteiger partial charge >= 0.3 is 6.18 Å². The Morgan fingerprint density at radius 2 is 1.73 bits per heavy atom. The summed E-state index contributed by atoms with van der Waals surface area (Å²) in [7, 11) is -0.351. The van der Waals surface area contributed by atoms with Gasteiger partial charge in [-0.25, -0.2) is 12.4 Å². The molecule has 0 saturated carbocycles. The number of rotatable bonds is 4. The lowest BCUT2D eigenvalue weighted by molar-refractivity contribution is -0.137. The third-order valence-electron chi connectivity index (χ3n) is 3.99. The Bertz CT molecular complexity index is 1050. The molecule has 0 radical (unpaired) electrons. The lowest BCUT2D eigenvalue weighted by Crippen LogP contribution is -2.14. The third kappa shape index (κ3) is 3.34. The molecule has 4 nitrogen and oxygen atoms in total. The van der Waals surface area contributed by atoms with Crippen LogP contribution in [0.5, 0.6) is 0 Å². The van der Waals surface area contributed by atoms with Crippen molar-refractivity contribution in [2.45, 2.75) is 17.6 Å². The zero-order chi connectivity index (χ0) is 19.1. The average molecular weight is 382 g/mol. The fraction of sp³-hybridized carbons (Fsp3) is 0.222. The van der Waals surface area contributed by atoms with Crippen molar-refractivity contribution in [2.24, 2.45) is 0 Å². The second-order valence-electron chi connectivity index (χ2n) is 6.23. The molecule has 0 saturated heterocycles. The molecule has 138 valence electrons. The van der Waals surface area contributed by atoms with Gasteiger partial charge in [-0.1, -0.05) is 18.2 Å². The lowest BCUT2D eigenvalue weighted by Gasteiger charge is -2.13. The Hall–Kier alpha value is -2.32. The molecule has 1 aromatic heterocycles. The van der Waals surface area contributed by atoms with Crippen LogP contribution in [0.1, 0.15) is 11.1 Å². The second kappa shape index (κ2) is 6.44. The molecule has 0 fully saturated rings. The second-order valence-corrected chi connectivity index (χ2v) is 8.04. The first-order valence-electron chi connectivity index (χ1n) is 7.77. The normalized spacial score (nSPS) is 12.8. The standard InChI is InChI=1S/C18H17F3N2O2S/c1-22(2)12-13-5-3-8-17-16(13)9-10-23(17)26(24,25)15-7-4-6-14(11-15)18(19,20)21/h3-11H,12H2,1-2H3. The quantitative estimate of drug-likeness (QED) is 0.686. The van der Waals surface area contributed by atoms with Crippen LogP contribution < -0.4 is 0 Å². The summed E-state index contributed by atoms with van der Waals surface area (Å²) in [4.78, 5) is 1.55. The van der Waals surface area contributed by atoms with E-state index in [0.717, 1.165) is 27.1 Å². The molecule has 0 bridgehead atoms. The molecule has 0 N–H and O–H groups in total. The molecule has 0 spiro atoms. The molecule has 0 amide bonds. The molecule has 3 aromatic rings. The van der Waals surface area contributed by atoms with E-state index in [9.17, 15) is 21.6 Å². The van der Waals surface area contributed by atoms with Gasteiger partial charge in [-0.2, -0.15) is 13.2 Å². The van der Waals surface area contributed by atoms with Gasteiger partial charge in [-0.05, 0) is 50.0 Å². The summed E-state index contributed by atoms with van der Waals surface area (Å²) in [5.41, 5.74) is 0.371. The predicted octanol–water partition coefficient (Wildman–Crippen LogP) is 3.96. The number of hydrogen-bond donors (Lipinski definition) is 0. The number of aromatic nitrogens is 1. The number of halogens is 3. The van der Waals surface area contributed by atoms with Gasteiger partial charge in [-0.3, -0.25) is 0 Å². The van der Waals surface area contributed by atoms with Crippen LogP contribution in [0.2, 0.25) is 0 Å². The molecule has 0 aliphatic rings. The maximum Gasteiger partial charge on any atom is 0.416 e. The number of alkyl halides is 3. The van der Waals surface area contributed by atoms with Crippen molar-refractivity contribution in [2.75, 3.05) is 14.1 Å². The van der Waals surface area contributed by atoms with Gasteiger partial charge in [0.05, 0.1) is 16.0 Å². The maximum atomic E-state index is 12.9. The molecule has 2 aromatic carbocycles. The van der Waals surface area contributed by atoms with Crippen molar-refractivity contribution in [3.8, 4) is 0 Å². The van der Waals surface area contributed by atoms with Crippen molar-refractivity contribution < 1.29 is 21.6 Å². The predicted molar refractivity (Wildman–Crippen MR) is 93.4 cm³/mol. The SMILES string of the molecule is CN(C)Cc1cccc2c1ccn2S(=O)(=O)c1cccc(C(F)(F)F)c1. The Kier molecular flexibility index (Phi) is 4.58. The topological polar surface area (TPSA) is 42.3 Å². The van der Waals surface area contributed by atoms with Crippen LogP contribution in [0.4, 0.5) is 13.2 Å². The molecule has 3 rings (SSSR count). The van der Waals surface area contributed by atoms with Gasteiger partial charge in [0.15, 0.2) is 0 Å². The summed E-state index contributed by atoms with van der Waals surface area (Å²) in [6.07, 6.45) is -3.23. The molecular weight excluding hydrogens is 365 g/mol. The molecule has 0 aliphatic carbocycles. The summed E-state index contributed by atoms with van der Waals surface area (Å²) >= 11 is 0. The molecule has 8 heteroatoms. The van der Waals surface area contributed by atoms with E-state index in [-0.39, 0.29) is 0 Å². The number of fused-ring (bicyclic) bond motifs is 1. The van der Waals surface area contributed by atoms with Crippen molar-refractivity contribution in [3.05, 3.63) is 65.9 Å². The molecule has 0 unspecified atom stereocenters. The molecular formula is C18H17F3N2O2S. The fourth-order valence-electron chi connectivity index (χ4n) is 2.84. The van der Waals surface area contributed by atoms with E-state index in [1.165, 1.54) is 12.3 Å². The number of nitrogens with zero attached hydrogens (tertiary/aromatic N) is 2. The minimum absolute atomic E-state index is 0.400. The van der Waals surface area contributed by atoms with Crippen molar-refractivity contribution in [1.29, 1.82) is 0 Å². The highest BCUT2D eigenvalue weighted by atomic mass is 32.2. The number of benzene rings is 2. The van der Waals surface area contributed by atoms with E-state index in [0.29, 0.717) is 18.1 Å². The van der Waals surface area contributed by atoms with Crippen molar-refractivity contribution >= 4 is 20.9 Å². The highest BCUT2D eigenvalue weighted by molar-refractivity contribution is 7.90. The fourth-order valence-corrected chi connectivity index (χ4v) is 4.23. The molecule has 0 aliphatic heterocycles. The third-order valence-corrected chi connectivity index (χ3v) is 5.68. The van der Waals surface area contributed by atoms with Gasteiger partial charge in [-0.15, -0.1) is 0 Å². The van der Waals surface area contributed by atoms with E-state index in [2.05, 4.69) is 0 Å². The first-order chi connectivity index (χ1) is 12.1. The molecule has 26 heavy (non-hydrogen) atoms. The van der Waals surface area contributed by atoms with Gasteiger partial charge in [0.25, 0.3) is 10.0 Å². The van der Waals surface area contributed by atoms with E-state index in [1.807, 2.05) is 25.1 Å². The van der Waals surface area contributed by atoms with Crippen LogP contribution in [-0.2, 0) is 22.7 Å².